The normalized spacial score (nSPS) is 16.3. The number of thiazole rings is 2. The molecule has 0 saturated heterocycles. The van der Waals surface area contributed by atoms with Gasteiger partial charge in [-0.15, -0.1) is 23.5 Å². The third-order valence-electron chi connectivity index (χ3n) is 11.3. The van der Waals surface area contributed by atoms with Crippen LogP contribution < -0.4 is 10.2 Å². The van der Waals surface area contributed by atoms with E-state index in [1.165, 1.54) is 92.0 Å². The van der Waals surface area contributed by atoms with Gasteiger partial charge in [0.1, 0.15) is 23.0 Å². The van der Waals surface area contributed by atoms with Crippen molar-refractivity contribution >= 4 is 92.3 Å². The molecule has 0 aliphatic heterocycles. The summed E-state index contributed by atoms with van der Waals surface area (Å²) in [5, 5.41) is 33.9. The molecule has 71 heavy (non-hydrogen) atoms. The molecule has 372 valence electrons. The first-order valence-corrected chi connectivity index (χ1v) is 25.3. The fraction of sp³-hybridized carbons (Fsp3) is 0.375. The van der Waals surface area contributed by atoms with Gasteiger partial charge in [-0.05, 0) is 98.9 Å². The van der Waals surface area contributed by atoms with Crippen molar-refractivity contribution in [2.45, 2.75) is 111 Å². The molecule has 0 amide bonds. The van der Waals surface area contributed by atoms with E-state index in [9.17, 15) is 54.9 Å². The fourth-order valence-corrected chi connectivity index (χ4v) is 13.2. The number of carbonyl (C=O) groups excluding carboxylic acids is 2. The van der Waals surface area contributed by atoms with Crippen LogP contribution in [0.5, 0.6) is 0 Å². The molecule has 0 fully saturated rings. The first-order valence-electron chi connectivity index (χ1n) is 21.9. The van der Waals surface area contributed by atoms with E-state index in [4.69, 9.17) is 0 Å². The number of thioether (sulfide) groups is 2. The quantitative estimate of drug-likeness (QED) is 0.0660. The second-order valence-electron chi connectivity index (χ2n) is 17.1. The minimum Gasteiger partial charge on any atom is -0.543 e. The Hall–Kier alpha value is -4.55. The molecule has 2 unspecified atom stereocenters. The summed E-state index contributed by atoms with van der Waals surface area (Å²) < 4.78 is 110. The topological polar surface area (TPSA) is 142 Å². The number of benzene rings is 2. The third kappa shape index (κ3) is 12.8. The Bertz CT molecular complexity index is 2790. The monoisotopic (exact) mass is 1070 g/mol. The number of carbonyl (C=O) groups is 2. The number of alkyl halides is 6. The summed E-state index contributed by atoms with van der Waals surface area (Å²) in [6.07, 6.45) is -5.17. The number of aryl methyl sites for hydroxylation is 2. The van der Waals surface area contributed by atoms with Gasteiger partial charge in [-0.1, -0.05) is 86.8 Å². The zero-order valence-corrected chi connectivity index (χ0v) is 43.7. The molecule has 4 aromatic heterocycles. The fourth-order valence-electron chi connectivity index (χ4n) is 8.15. The van der Waals surface area contributed by atoms with Crippen molar-refractivity contribution in [2.75, 3.05) is 0 Å². The Labute approximate surface area is 436 Å². The minimum atomic E-state index is -4.24. The summed E-state index contributed by atoms with van der Waals surface area (Å²) in [6.45, 7) is 11.2. The molecule has 2 atom stereocenters. The summed E-state index contributed by atoms with van der Waals surface area (Å²) in [4.78, 5) is 33.6. The molecule has 4 heterocycles. The maximum atomic E-state index is 13.9. The van der Waals surface area contributed by atoms with E-state index in [1.807, 2.05) is 27.7 Å². The molecule has 2 aromatic carbocycles. The van der Waals surface area contributed by atoms with Crippen molar-refractivity contribution < 1.29 is 54.9 Å². The Morgan fingerprint density at radius 2 is 1.03 bits per heavy atom. The number of halogens is 8. The van der Waals surface area contributed by atoms with Gasteiger partial charge in [0.2, 0.25) is 10.3 Å². The molecule has 0 radical (unpaired) electrons. The van der Waals surface area contributed by atoms with Gasteiger partial charge in [0.25, 0.3) is 0 Å². The van der Waals surface area contributed by atoms with Crippen LogP contribution in [0, 0.1) is 37.3 Å². The second kappa shape index (κ2) is 22.7. The molecule has 0 bridgehead atoms. The average Bonchev–Trinajstić information content (AvgIpc) is 4.06. The average molecular weight is 1070 g/mol. The molecule has 8 rings (SSSR count). The molecule has 2 aliphatic carbocycles. The van der Waals surface area contributed by atoms with Crippen LogP contribution in [0.15, 0.2) is 69.1 Å². The predicted octanol–water partition coefficient (Wildman–Crippen LogP) is 11.7. The van der Waals surface area contributed by atoms with Crippen LogP contribution in [0.4, 0.5) is 35.1 Å². The zero-order valence-electron chi connectivity index (χ0n) is 39.0. The smallest absolute Gasteiger partial charge is 0.543 e. The Balaban J connectivity index is 0.000000229. The van der Waals surface area contributed by atoms with Crippen LogP contribution in [0.25, 0.3) is 43.7 Å². The minimum absolute atomic E-state index is 0. The predicted molar refractivity (Wildman–Crippen MR) is 258 cm³/mol. The molecular formula is C48H44F8MgN6O4S4. The number of carboxylic acids is 2. The van der Waals surface area contributed by atoms with Gasteiger partial charge < -0.3 is 19.8 Å². The summed E-state index contributed by atoms with van der Waals surface area (Å²) in [7, 11) is 0. The van der Waals surface area contributed by atoms with Crippen molar-refractivity contribution in [1.29, 1.82) is 0 Å². The number of aromatic nitrogens is 6. The molecule has 0 saturated carbocycles. The Morgan fingerprint density at radius 1 is 0.662 bits per heavy atom. The molecule has 0 spiro atoms. The summed E-state index contributed by atoms with van der Waals surface area (Å²) in [5.41, 5.74) is 3.85. The van der Waals surface area contributed by atoms with E-state index < -0.39 is 47.8 Å². The van der Waals surface area contributed by atoms with E-state index in [0.29, 0.717) is 45.0 Å². The van der Waals surface area contributed by atoms with Crippen molar-refractivity contribution in [3.8, 4) is 32.5 Å². The van der Waals surface area contributed by atoms with E-state index in [1.54, 1.807) is 38.1 Å². The van der Waals surface area contributed by atoms with E-state index in [-0.39, 0.29) is 105 Å². The molecule has 2 aliphatic rings. The molecule has 0 N–H and O–H groups in total. The van der Waals surface area contributed by atoms with Gasteiger partial charge in [-0.25, -0.2) is 28.1 Å². The van der Waals surface area contributed by atoms with Crippen molar-refractivity contribution in [3.05, 3.63) is 106 Å². The van der Waals surface area contributed by atoms with Gasteiger partial charge in [-0.2, -0.15) is 36.5 Å². The Kier molecular flexibility index (Phi) is 17.8. The largest absolute Gasteiger partial charge is 2.00 e. The summed E-state index contributed by atoms with van der Waals surface area (Å²) in [5.74, 6) is -6.79. The standard InChI is InChI=1S/2C24H23F4N3O2S2.Mg/c2*1-12(2)34-22-19(14-7-9-16(10-8-14)24(26,27)28)29-23(35-22)31-20(21(32)33)18(13(3)30-31)15-5-4-6-17(25)11-15;/h2*4-7,11-12,16H,8-10H2,1-3H3,(H,32,33);/q;;+2/p-2. The van der Waals surface area contributed by atoms with Crippen molar-refractivity contribution in [2.24, 2.45) is 11.8 Å². The maximum Gasteiger partial charge on any atom is 2.00 e. The summed E-state index contributed by atoms with van der Waals surface area (Å²) >= 11 is 5.44. The molecule has 6 aromatic rings. The number of allylic oxidation sites excluding steroid dienone is 4. The van der Waals surface area contributed by atoms with Crippen molar-refractivity contribution in [3.63, 3.8) is 0 Å². The third-order valence-corrected chi connectivity index (χ3v) is 15.8. The van der Waals surface area contributed by atoms with Crippen LogP contribution in [-0.4, -0.2) is 87.4 Å². The van der Waals surface area contributed by atoms with Gasteiger partial charge in [0.05, 0.1) is 55.0 Å². The van der Waals surface area contributed by atoms with Crippen LogP contribution in [0.2, 0.25) is 0 Å². The van der Waals surface area contributed by atoms with Gasteiger partial charge >= 0.3 is 35.4 Å². The number of carboxylic acid groups (broad SMARTS) is 2. The number of nitrogens with zero attached hydrogens (tertiary/aromatic N) is 6. The van der Waals surface area contributed by atoms with E-state index >= 15 is 0 Å². The van der Waals surface area contributed by atoms with Gasteiger partial charge in [-0.3, -0.25) is 0 Å². The Morgan fingerprint density at radius 3 is 1.31 bits per heavy atom. The molecular weight excluding hydrogens is 1030 g/mol. The molecule has 23 heteroatoms. The van der Waals surface area contributed by atoms with E-state index in [0.717, 1.165) is 8.42 Å². The zero-order chi connectivity index (χ0) is 51.0. The van der Waals surface area contributed by atoms with Crippen LogP contribution in [0.3, 0.4) is 0 Å². The summed E-state index contributed by atoms with van der Waals surface area (Å²) in [6, 6.07) is 11.1. The molecule has 10 nitrogen and oxygen atoms in total. The number of hydrogen-bond donors (Lipinski definition) is 0. The van der Waals surface area contributed by atoms with Crippen molar-refractivity contribution in [1.82, 2.24) is 29.5 Å². The number of hydrogen-bond acceptors (Lipinski definition) is 12. The van der Waals surface area contributed by atoms with Crippen LogP contribution >= 0.6 is 46.2 Å². The SMILES string of the molecule is Cc1nn(-c2nc(C3=CCC(C(F)(F)F)CC3)c(SC(C)C)s2)c(C(=O)[O-])c1-c1cccc(F)c1.Cc1nn(-c2nc(C3=CCC(C(F)(F)F)CC3)c(SC(C)C)s2)c(C(=O)[O-])c1-c1cccc(F)c1.[Mg+2]. The number of rotatable bonds is 12. The first kappa shape index (κ1) is 55.8. The second-order valence-corrected chi connectivity index (χ2v) is 22.8. The van der Waals surface area contributed by atoms with Gasteiger partial charge in [0, 0.05) is 21.6 Å². The van der Waals surface area contributed by atoms with Crippen LogP contribution in [-0.2, 0) is 0 Å². The number of aromatic carboxylic acids is 2. The van der Waals surface area contributed by atoms with Gasteiger partial charge in [0.15, 0.2) is 0 Å². The first-order chi connectivity index (χ1) is 32.9. The van der Waals surface area contributed by atoms with Crippen LogP contribution in [0.1, 0.15) is 110 Å². The van der Waals surface area contributed by atoms with E-state index in [2.05, 4.69) is 20.2 Å². The maximum absolute atomic E-state index is 13.9.